The molecule has 0 fully saturated rings. The van der Waals surface area contributed by atoms with Crippen LogP contribution in [0.5, 0.6) is 0 Å². The van der Waals surface area contributed by atoms with Gasteiger partial charge in [-0.25, -0.2) is 13.1 Å². The molecule has 1 heterocycles. The van der Waals surface area contributed by atoms with E-state index in [0.29, 0.717) is 16.9 Å². The predicted octanol–water partition coefficient (Wildman–Crippen LogP) is 3.59. The van der Waals surface area contributed by atoms with Crippen LogP contribution in [0.25, 0.3) is 5.69 Å². The zero-order valence-electron chi connectivity index (χ0n) is 16.4. The van der Waals surface area contributed by atoms with Gasteiger partial charge in [0.2, 0.25) is 0 Å². The zero-order valence-corrected chi connectivity index (χ0v) is 17.2. The Bertz CT molecular complexity index is 1110. The maximum Gasteiger partial charge on any atom is 0.256 e. The van der Waals surface area contributed by atoms with E-state index in [-0.39, 0.29) is 11.7 Å². The van der Waals surface area contributed by atoms with E-state index in [0.717, 1.165) is 22.5 Å². The van der Waals surface area contributed by atoms with E-state index in [1.165, 1.54) is 6.26 Å². The number of carbonyl (C=O) groups is 1. The van der Waals surface area contributed by atoms with Crippen LogP contribution >= 0.6 is 0 Å². The third kappa shape index (κ3) is 4.86. The first kappa shape index (κ1) is 19.8. The molecular weight excluding hydrogens is 374 g/mol. The summed E-state index contributed by atoms with van der Waals surface area (Å²) in [7, 11) is -3.11. The molecule has 0 radical (unpaired) electrons. The van der Waals surface area contributed by atoms with Crippen LogP contribution in [0.4, 0.5) is 5.82 Å². The summed E-state index contributed by atoms with van der Waals surface area (Å²) in [6, 6.07) is 14.5. The molecule has 0 spiro atoms. The van der Waals surface area contributed by atoms with Crippen LogP contribution in [0.2, 0.25) is 0 Å². The van der Waals surface area contributed by atoms with Gasteiger partial charge in [0.1, 0.15) is 5.82 Å². The van der Waals surface area contributed by atoms with E-state index in [1.54, 1.807) is 28.9 Å². The van der Waals surface area contributed by atoms with Crippen LogP contribution in [-0.2, 0) is 15.6 Å². The third-order valence-corrected chi connectivity index (χ3v) is 5.03. The molecule has 3 aromatic rings. The topological polar surface area (TPSA) is 81.1 Å². The van der Waals surface area contributed by atoms with Crippen molar-refractivity contribution >= 4 is 21.6 Å². The number of aryl methyl sites for hydroxylation is 3. The van der Waals surface area contributed by atoms with Crippen LogP contribution in [0.3, 0.4) is 0 Å². The lowest BCUT2D eigenvalue weighted by Crippen LogP contribution is -2.15. The second-order valence-electron chi connectivity index (χ2n) is 7.15. The van der Waals surface area contributed by atoms with Crippen LogP contribution in [-0.4, -0.2) is 30.4 Å². The largest absolute Gasteiger partial charge is 0.306 e. The highest BCUT2D eigenvalue weighted by Gasteiger charge is 2.13. The van der Waals surface area contributed by atoms with Gasteiger partial charge in [0.05, 0.1) is 17.1 Å². The fraction of sp³-hybridized carbons (Fsp3) is 0.238. The number of amides is 1. The number of benzene rings is 2. The Morgan fingerprint density at radius 2 is 1.61 bits per heavy atom. The van der Waals surface area contributed by atoms with Gasteiger partial charge in [-0.05, 0) is 61.7 Å². The van der Waals surface area contributed by atoms with Gasteiger partial charge in [-0.2, -0.15) is 5.10 Å². The molecule has 1 amide bonds. The quantitative estimate of drug-likeness (QED) is 0.713. The van der Waals surface area contributed by atoms with Crippen molar-refractivity contribution in [1.29, 1.82) is 0 Å². The smallest absolute Gasteiger partial charge is 0.256 e. The van der Waals surface area contributed by atoms with Crippen molar-refractivity contribution in [3.05, 3.63) is 76.5 Å². The van der Waals surface area contributed by atoms with Gasteiger partial charge in [-0.1, -0.05) is 18.2 Å². The molecule has 0 unspecified atom stereocenters. The Labute approximate surface area is 165 Å². The normalized spacial score (nSPS) is 11.4. The van der Waals surface area contributed by atoms with Gasteiger partial charge in [-0.3, -0.25) is 4.79 Å². The summed E-state index contributed by atoms with van der Waals surface area (Å²) < 4.78 is 24.5. The molecule has 7 heteroatoms. The standard InChI is InChI=1S/C21H23N3O3S/c1-14-9-15(2)11-19(10-14)24-20(12-16(3)23-24)22-21(25)18-7-5-17(6-8-18)13-28(4,26)27/h5-12H,13H2,1-4H3,(H,22,25). The van der Waals surface area contributed by atoms with E-state index >= 15 is 0 Å². The second kappa shape index (κ2) is 7.59. The number of sulfone groups is 1. The molecule has 28 heavy (non-hydrogen) atoms. The molecule has 2 aromatic carbocycles. The lowest BCUT2D eigenvalue weighted by Gasteiger charge is -2.11. The Hall–Kier alpha value is -2.93. The first-order valence-electron chi connectivity index (χ1n) is 8.84. The van der Waals surface area contributed by atoms with Gasteiger partial charge < -0.3 is 5.32 Å². The lowest BCUT2D eigenvalue weighted by molar-refractivity contribution is 0.102. The van der Waals surface area contributed by atoms with Crippen LogP contribution in [0, 0.1) is 20.8 Å². The first-order valence-corrected chi connectivity index (χ1v) is 10.9. The minimum absolute atomic E-state index is 0.0480. The molecular formula is C21H23N3O3S. The SMILES string of the molecule is Cc1cc(C)cc(-n2nc(C)cc2NC(=O)c2ccc(CS(C)(=O)=O)cc2)c1. The molecule has 0 saturated carbocycles. The number of aromatic nitrogens is 2. The molecule has 0 bridgehead atoms. The number of carbonyl (C=O) groups excluding carboxylic acids is 1. The zero-order chi connectivity index (χ0) is 20.5. The van der Waals surface area contributed by atoms with Crippen molar-refractivity contribution in [1.82, 2.24) is 9.78 Å². The lowest BCUT2D eigenvalue weighted by atomic mass is 10.1. The number of nitrogens with zero attached hydrogens (tertiary/aromatic N) is 2. The molecule has 146 valence electrons. The second-order valence-corrected chi connectivity index (χ2v) is 9.29. The highest BCUT2D eigenvalue weighted by Crippen LogP contribution is 2.20. The van der Waals surface area contributed by atoms with Gasteiger partial charge in [0.25, 0.3) is 5.91 Å². The summed E-state index contributed by atoms with van der Waals surface area (Å²) in [5.74, 6) is 0.247. The fourth-order valence-corrected chi connectivity index (χ4v) is 3.90. The average Bonchev–Trinajstić information content (AvgIpc) is 2.93. The molecule has 0 aliphatic carbocycles. The maximum atomic E-state index is 12.7. The number of anilines is 1. The van der Waals surface area contributed by atoms with E-state index in [9.17, 15) is 13.2 Å². The van der Waals surface area contributed by atoms with Gasteiger partial charge in [0, 0.05) is 17.9 Å². The summed E-state index contributed by atoms with van der Waals surface area (Å²) in [5, 5.41) is 7.40. The van der Waals surface area contributed by atoms with Crippen LogP contribution in [0.1, 0.15) is 32.7 Å². The molecule has 1 N–H and O–H groups in total. The summed E-state index contributed by atoms with van der Waals surface area (Å²) in [4.78, 5) is 12.7. The first-order chi connectivity index (χ1) is 13.1. The summed E-state index contributed by atoms with van der Waals surface area (Å²) in [5.41, 5.74) is 4.99. The molecule has 6 nitrogen and oxygen atoms in total. The third-order valence-electron chi connectivity index (χ3n) is 4.17. The number of rotatable bonds is 5. The van der Waals surface area contributed by atoms with E-state index < -0.39 is 9.84 Å². The molecule has 3 rings (SSSR count). The van der Waals surface area contributed by atoms with Gasteiger partial charge in [-0.15, -0.1) is 0 Å². The summed E-state index contributed by atoms with van der Waals surface area (Å²) in [6.07, 6.45) is 1.18. The van der Waals surface area contributed by atoms with Crippen LogP contribution < -0.4 is 5.32 Å². The predicted molar refractivity (Wildman–Crippen MR) is 111 cm³/mol. The van der Waals surface area contributed by atoms with Crippen LogP contribution in [0.15, 0.2) is 48.5 Å². The van der Waals surface area contributed by atoms with Crippen molar-refractivity contribution in [3.8, 4) is 5.69 Å². The maximum absolute atomic E-state index is 12.7. The fourth-order valence-electron chi connectivity index (χ4n) is 3.10. The highest BCUT2D eigenvalue weighted by atomic mass is 32.2. The van der Waals surface area contributed by atoms with Gasteiger partial charge in [0.15, 0.2) is 9.84 Å². The minimum atomic E-state index is -3.11. The number of hydrogen-bond donors (Lipinski definition) is 1. The van der Waals surface area contributed by atoms with Crippen molar-refractivity contribution < 1.29 is 13.2 Å². The van der Waals surface area contributed by atoms with E-state index in [2.05, 4.69) is 16.5 Å². The molecule has 0 aliphatic rings. The van der Waals surface area contributed by atoms with Crippen molar-refractivity contribution in [2.45, 2.75) is 26.5 Å². The molecule has 0 atom stereocenters. The van der Waals surface area contributed by atoms with Crippen molar-refractivity contribution in [3.63, 3.8) is 0 Å². The number of hydrogen-bond acceptors (Lipinski definition) is 4. The summed E-state index contributed by atoms with van der Waals surface area (Å²) >= 11 is 0. The minimum Gasteiger partial charge on any atom is -0.306 e. The molecule has 0 aliphatic heterocycles. The number of nitrogens with one attached hydrogen (secondary N) is 1. The van der Waals surface area contributed by atoms with E-state index in [1.807, 2.05) is 39.0 Å². The highest BCUT2D eigenvalue weighted by molar-refractivity contribution is 7.89. The Morgan fingerprint density at radius 1 is 1.00 bits per heavy atom. The molecule has 0 saturated heterocycles. The Morgan fingerprint density at radius 3 is 2.18 bits per heavy atom. The Balaban J connectivity index is 1.85. The summed E-state index contributed by atoms with van der Waals surface area (Å²) in [6.45, 7) is 5.90. The van der Waals surface area contributed by atoms with Crippen molar-refractivity contribution in [2.24, 2.45) is 0 Å². The van der Waals surface area contributed by atoms with Gasteiger partial charge >= 0.3 is 0 Å². The Kier molecular flexibility index (Phi) is 5.38. The molecule has 1 aromatic heterocycles. The monoisotopic (exact) mass is 397 g/mol. The van der Waals surface area contributed by atoms with Crippen molar-refractivity contribution in [2.75, 3.05) is 11.6 Å². The average molecular weight is 398 g/mol. The van der Waals surface area contributed by atoms with E-state index in [4.69, 9.17) is 0 Å².